The van der Waals surface area contributed by atoms with Gasteiger partial charge in [0.1, 0.15) is 5.82 Å². The number of nitrogens with zero attached hydrogens (tertiary/aromatic N) is 5. The second kappa shape index (κ2) is 11.6. The Bertz CT molecular complexity index is 1470. The first kappa shape index (κ1) is 26.3. The summed E-state index contributed by atoms with van der Waals surface area (Å²) in [6.45, 7) is 0.217. The zero-order chi connectivity index (χ0) is 26.6. The highest BCUT2D eigenvalue weighted by Gasteiger charge is 2.33. The molecule has 0 aliphatic carbocycles. The van der Waals surface area contributed by atoms with Crippen LogP contribution in [0.25, 0.3) is 0 Å². The minimum atomic E-state index is -0.343. The van der Waals surface area contributed by atoms with Crippen molar-refractivity contribution in [2.24, 2.45) is 12.1 Å². The van der Waals surface area contributed by atoms with Crippen molar-refractivity contribution in [1.29, 1.82) is 0 Å². The molecule has 2 aromatic carbocycles. The first-order chi connectivity index (χ1) is 18.4. The number of hydrogen-bond donors (Lipinski definition) is 1. The smallest absolute Gasteiger partial charge is 0.261 e. The van der Waals surface area contributed by atoms with E-state index in [1.165, 1.54) is 40.2 Å². The normalized spacial score (nSPS) is 15.0. The molecule has 4 aromatic rings. The van der Waals surface area contributed by atoms with Crippen molar-refractivity contribution in [3.05, 3.63) is 98.2 Å². The molecule has 1 aliphatic rings. The van der Waals surface area contributed by atoms with Crippen LogP contribution < -0.4 is 5.32 Å². The van der Waals surface area contributed by atoms with Crippen LogP contribution in [-0.2, 0) is 18.4 Å². The third-order valence-electron chi connectivity index (χ3n) is 6.00. The van der Waals surface area contributed by atoms with Crippen molar-refractivity contribution < 1.29 is 14.0 Å². The van der Waals surface area contributed by atoms with E-state index >= 15 is 0 Å². The molecule has 194 valence electrons. The fourth-order valence-corrected chi connectivity index (χ4v) is 5.66. The molecule has 12 heteroatoms. The van der Waals surface area contributed by atoms with Crippen molar-refractivity contribution in [3.8, 4) is 0 Å². The maximum Gasteiger partial charge on any atom is 0.261 e. The van der Waals surface area contributed by atoms with Crippen molar-refractivity contribution in [2.45, 2.75) is 24.2 Å². The highest BCUT2D eigenvalue weighted by molar-refractivity contribution is 9.10. The average Bonchev–Trinajstić information content (AvgIpc) is 3.68. The van der Waals surface area contributed by atoms with E-state index in [2.05, 4.69) is 36.5 Å². The van der Waals surface area contributed by atoms with E-state index in [9.17, 15) is 14.0 Å². The van der Waals surface area contributed by atoms with Crippen molar-refractivity contribution in [3.63, 3.8) is 0 Å². The number of carbonyl (C=O) groups is 2. The second-order valence-electron chi connectivity index (χ2n) is 8.47. The Morgan fingerprint density at radius 3 is 2.61 bits per heavy atom. The molecule has 0 saturated carbocycles. The molecule has 38 heavy (non-hydrogen) atoms. The summed E-state index contributed by atoms with van der Waals surface area (Å²) in [6, 6.07) is 17.2. The molecule has 1 unspecified atom stereocenters. The summed E-state index contributed by atoms with van der Waals surface area (Å²) in [4.78, 5) is 26.2. The Morgan fingerprint density at radius 1 is 1.13 bits per heavy atom. The van der Waals surface area contributed by atoms with Gasteiger partial charge in [0.2, 0.25) is 0 Å². The Morgan fingerprint density at radius 2 is 1.89 bits per heavy atom. The summed E-state index contributed by atoms with van der Waals surface area (Å²) >= 11 is 6.06. The van der Waals surface area contributed by atoms with Gasteiger partial charge in [0, 0.05) is 17.9 Å². The summed E-state index contributed by atoms with van der Waals surface area (Å²) in [5.74, 6) is -0.0492. The molecular formula is C26H22BrFN6O2S2. The Kier molecular flexibility index (Phi) is 8.01. The van der Waals surface area contributed by atoms with Gasteiger partial charge >= 0.3 is 0 Å². The summed E-state index contributed by atoms with van der Waals surface area (Å²) < 4.78 is 16.3. The highest BCUT2D eigenvalue weighted by atomic mass is 79.9. The molecule has 3 heterocycles. The Labute approximate surface area is 235 Å². The molecule has 1 atom stereocenters. The van der Waals surface area contributed by atoms with Gasteiger partial charge in [-0.3, -0.25) is 9.59 Å². The van der Waals surface area contributed by atoms with E-state index < -0.39 is 0 Å². The third kappa shape index (κ3) is 5.87. The Balaban J connectivity index is 1.28. The zero-order valence-corrected chi connectivity index (χ0v) is 23.4. The predicted octanol–water partition coefficient (Wildman–Crippen LogP) is 5.18. The van der Waals surface area contributed by atoms with Gasteiger partial charge in [-0.15, -0.1) is 21.5 Å². The molecule has 0 fully saturated rings. The zero-order valence-electron chi connectivity index (χ0n) is 20.2. The standard InChI is InChI=1S/C26H22BrFN6O2S2/c1-33-23(14-29-25(36)22-3-2-12-37-22)30-31-26(33)38-15-24(35)34-21(17-6-10-19(28)11-7-17)13-20(32-34)16-4-8-18(27)9-5-16/h2-12,21H,13-15H2,1H3,(H,29,36). The van der Waals surface area contributed by atoms with Crippen LogP contribution in [0.4, 0.5) is 4.39 Å². The van der Waals surface area contributed by atoms with Gasteiger partial charge in [0.25, 0.3) is 11.8 Å². The number of thiophene rings is 1. The van der Waals surface area contributed by atoms with Crippen molar-refractivity contribution in [2.75, 3.05) is 5.75 Å². The highest BCUT2D eigenvalue weighted by Crippen LogP contribution is 2.34. The molecule has 0 bridgehead atoms. The van der Waals surface area contributed by atoms with E-state index in [0.29, 0.717) is 22.3 Å². The number of rotatable bonds is 8. The lowest BCUT2D eigenvalue weighted by Crippen LogP contribution is -2.28. The molecule has 5 rings (SSSR count). The summed E-state index contributed by atoms with van der Waals surface area (Å²) in [6.07, 6.45) is 0.516. The quantitative estimate of drug-likeness (QED) is 0.277. The number of benzene rings is 2. The second-order valence-corrected chi connectivity index (χ2v) is 11.3. The number of nitrogens with one attached hydrogen (secondary N) is 1. The molecule has 0 saturated heterocycles. The van der Waals surface area contributed by atoms with Gasteiger partial charge in [-0.25, -0.2) is 9.40 Å². The van der Waals surface area contributed by atoms with Crippen LogP contribution in [0.2, 0.25) is 0 Å². The number of thioether (sulfide) groups is 1. The number of amides is 2. The summed E-state index contributed by atoms with van der Waals surface area (Å²) in [5.41, 5.74) is 2.52. The molecule has 0 spiro atoms. The molecule has 8 nitrogen and oxygen atoms in total. The number of hydrogen-bond acceptors (Lipinski definition) is 7. The fourth-order valence-electron chi connectivity index (χ4n) is 3.97. The molecule has 2 aromatic heterocycles. The van der Waals surface area contributed by atoms with Crippen molar-refractivity contribution in [1.82, 2.24) is 25.1 Å². The lowest BCUT2D eigenvalue weighted by Gasteiger charge is -2.22. The molecule has 2 amide bonds. The van der Waals surface area contributed by atoms with E-state index in [-0.39, 0.29) is 36.0 Å². The maximum atomic E-state index is 13.6. The van der Waals surface area contributed by atoms with Gasteiger partial charge in [-0.2, -0.15) is 5.10 Å². The van der Waals surface area contributed by atoms with Crippen LogP contribution in [0.15, 0.2) is 80.8 Å². The lowest BCUT2D eigenvalue weighted by atomic mass is 9.98. The van der Waals surface area contributed by atoms with Crippen LogP contribution in [0.5, 0.6) is 0 Å². The first-order valence-corrected chi connectivity index (χ1v) is 14.3. The third-order valence-corrected chi connectivity index (χ3v) is 8.40. The van der Waals surface area contributed by atoms with E-state index in [1.54, 1.807) is 29.8 Å². The van der Waals surface area contributed by atoms with E-state index in [4.69, 9.17) is 0 Å². The topological polar surface area (TPSA) is 92.5 Å². The van der Waals surface area contributed by atoms with Crippen LogP contribution >= 0.6 is 39.0 Å². The van der Waals surface area contributed by atoms with Gasteiger partial charge in [0.05, 0.1) is 28.9 Å². The number of carbonyl (C=O) groups excluding carboxylic acids is 2. The fraction of sp³-hybridized carbons (Fsp3) is 0.192. The molecule has 1 aliphatic heterocycles. The van der Waals surface area contributed by atoms with E-state index in [0.717, 1.165) is 21.3 Å². The number of halogens is 2. The summed E-state index contributed by atoms with van der Waals surface area (Å²) in [5, 5.41) is 19.7. The van der Waals surface area contributed by atoms with E-state index in [1.807, 2.05) is 35.7 Å². The number of aromatic nitrogens is 3. The lowest BCUT2D eigenvalue weighted by molar-refractivity contribution is -0.130. The SMILES string of the molecule is Cn1c(CNC(=O)c2cccs2)nnc1SCC(=O)N1N=C(c2ccc(Br)cc2)CC1c1ccc(F)cc1. The molecule has 0 radical (unpaired) electrons. The van der Waals surface area contributed by atoms with Crippen molar-refractivity contribution >= 4 is 56.6 Å². The molecule has 1 N–H and O–H groups in total. The average molecular weight is 614 g/mol. The first-order valence-electron chi connectivity index (χ1n) is 11.6. The minimum Gasteiger partial charge on any atom is -0.344 e. The van der Waals surface area contributed by atoms with Crippen LogP contribution in [-0.4, -0.2) is 43.1 Å². The van der Waals surface area contributed by atoms with Gasteiger partial charge in [-0.05, 0) is 46.8 Å². The van der Waals surface area contributed by atoms with Gasteiger partial charge in [-0.1, -0.05) is 58.0 Å². The largest absolute Gasteiger partial charge is 0.344 e. The number of hydrazone groups is 1. The summed E-state index contributed by atoms with van der Waals surface area (Å²) in [7, 11) is 1.79. The van der Waals surface area contributed by atoms with Gasteiger partial charge in [0.15, 0.2) is 11.0 Å². The maximum absolute atomic E-state index is 13.6. The predicted molar refractivity (Wildman–Crippen MR) is 148 cm³/mol. The minimum absolute atomic E-state index is 0.0857. The van der Waals surface area contributed by atoms with Crippen LogP contribution in [0.3, 0.4) is 0 Å². The van der Waals surface area contributed by atoms with Crippen LogP contribution in [0.1, 0.15) is 39.1 Å². The van der Waals surface area contributed by atoms with Gasteiger partial charge < -0.3 is 9.88 Å². The monoisotopic (exact) mass is 612 g/mol. The molecular weight excluding hydrogens is 591 g/mol. The van der Waals surface area contributed by atoms with Crippen LogP contribution in [0, 0.1) is 5.82 Å². The Hall–Kier alpha value is -3.35.